The number of fused-ring (bicyclic) bond motifs is 6. The maximum absolute atomic E-state index is 2.52. The van der Waals surface area contributed by atoms with Gasteiger partial charge in [0.05, 0.1) is 0 Å². The first kappa shape index (κ1) is 11.5. The summed E-state index contributed by atoms with van der Waals surface area (Å²) in [5.74, 6) is 0. The van der Waals surface area contributed by atoms with E-state index < -0.39 is 0 Å². The maximum atomic E-state index is 2.52. The number of benzene rings is 2. The first-order valence-electron chi connectivity index (χ1n) is 7.25. The van der Waals surface area contributed by atoms with Gasteiger partial charge in [0.2, 0.25) is 0 Å². The number of rotatable bonds is 0. The predicted octanol–water partition coefficient (Wildman–Crippen LogP) is 3.44. The first-order valence-corrected chi connectivity index (χ1v) is 10.5. The summed E-state index contributed by atoms with van der Waals surface area (Å²) >= 11 is -0.00838. The Hall–Kier alpha value is -1.15. The number of hydrogen-bond donors (Lipinski definition) is 0. The summed E-state index contributed by atoms with van der Waals surface area (Å²) in [5.41, 5.74) is 6.30. The Morgan fingerprint density at radius 2 is 1.20 bits per heavy atom. The van der Waals surface area contributed by atoms with E-state index in [1.807, 2.05) is 10.4 Å². The quantitative estimate of drug-likeness (QED) is 0.654. The van der Waals surface area contributed by atoms with Crippen molar-refractivity contribution in [2.24, 2.45) is 0 Å². The van der Waals surface area contributed by atoms with Crippen LogP contribution in [0.5, 0.6) is 0 Å². The summed E-state index contributed by atoms with van der Waals surface area (Å²) in [6.07, 6.45) is 5.05. The van der Waals surface area contributed by atoms with Gasteiger partial charge >= 0.3 is 130 Å². The van der Waals surface area contributed by atoms with Crippen LogP contribution in [0.1, 0.15) is 30.7 Å². The van der Waals surface area contributed by atoms with Crippen molar-refractivity contribution >= 4 is 21.7 Å². The van der Waals surface area contributed by atoms with E-state index in [2.05, 4.69) is 60.7 Å². The second-order valence-corrected chi connectivity index (χ2v) is 10.2. The molecule has 1 fully saturated rings. The molecule has 1 heterocycles. The first-order chi connectivity index (χ1) is 9.90. The summed E-state index contributed by atoms with van der Waals surface area (Å²) in [6, 6.07) is 18.2. The van der Waals surface area contributed by atoms with E-state index >= 15 is 0 Å². The average Bonchev–Trinajstić information content (AvgIpc) is 3.02. The third-order valence-electron chi connectivity index (χ3n) is 4.78. The van der Waals surface area contributed by atoms with Crippen LogP contribution in [0.4, 0.5) is 0 Å². The molecule has 0 nitrogen and oxygen atoms in total. The van der Waals surface area contributed by atoms with Crippen molar-refractivity contribution in [1.82, 2.24) is 0 Å². The fraction of sp³-hybridized carbons (Fsp3) is 0.111. The topological polar surface area (TPSA) is 0 Å². The Morgan fingerprint density at radius 3 is 1.75 bits per heavy atom. The van der Waals surface area contributed by atoms with Crippen molar-refractivity contribution in [2.75, 3.05) is 0 Å². The Kier molecular flexibility index (Phi) is 2.40. The van der Waals surface area contributed by atoms with Crippen molar-refractivity contribution in [3.05, 3.63) is 81.2 Å². The molecule has 0 N–H and O–H groups in total. The van der Waals surface area contributed by atoms with Gasteiger partial charge < -0.3 is 0 Å². The van der Waals surface area contributed by atoms with Crippen molar-refractivity contribution in [3.8, 4) is 0 Å². The van der Waals surface area contributed by atoms with Gasteiger partial charge in [0.25, 0.3) is 0 Å². The molecule has 2 aliphatic carbocycles. The molecule has 2 unspecified atom stereocenters. The molecule has 1 aliphatic heterocycles. The molecule has 0 aromatic heterocycles. The van der Waals surface area contributed by atoms with Crippen LogP contribution in [0.15, 0.2) is 58.9 Å². The molecule has 94 valence electrons. The van der Waals surface area contributed by atoms with E-state index in [0.717, 1.165) is 8.45 Å². The zero-order valence-corrected chi connectivity index (χ0v) is 14.1. The van der Waals surface area contributed by atoms with Crippen molar-refractivity contribution in [2.45, 2.75) is 8.45 Å². The third kappa shape index (κ3) is 1.52. The normalized spacial score (nSPS) is 26.0. The van der Waals surface area contributed by atoms with Crippen LogP contribution in [0, 0.1) is 0 Å². The van der Waals surface area contributed by atoms with Gasteiger partial charge in [-0.1, -0.05) is 0 Å². The predicted molar refractivity (Wildman–Crippen MR) is 82.9 cm³/mol. The number of hydrogen-bond acceptors (Lipinski definition) is 0. The Morgan fingerprint density at radius 1 is 0.700 bits per heavy atom. The minimum atomic E-state index is -0.208. The average molecular weight is 306 g/mol. The minimum absolute atomic E-state index is 0.00838. The molecular weight excluding hydrogens is 292 g/mol. The zero-order chi connectivity index (χ0) is 13.1. The molecule has 2 aromatic rings. The second kappa shape index (κ2) is 4.17. The van der Waals surface area contributed by atoms with Crippen LogP contribution in [-0.4, -0.2) is 9.52 Å². The molecule has 5 rings (SSSR count). The summed E-state index contributed by atoms with van der Waals surface area (Å²) in [4.78, 5) is 0. The van der Waals surface area contributed by atoms with Gasteiger partial charge in [0.15, 0.2) is 0 Å². The van der Waals surface area contributed by atoms with E-state index in [4.69, 9.17) is 0 Å². The summed E-state index contributed by atoms with van der Waals surface area (Å²) < 4.78 is 1.68. The van der Waals surface area contributed by atoms with Gasteiger partial charge in [-0.2, -0.15) is 0 Å². The SMILES string of the molecule is C1=C2[SiH2]C3=Cc4ccccc4[CH]3[Ti][CH]2c2ccccc21. The van der Waals surface area contributed by atoms with Crippen LogP contribution in [-0.2, 0) is 19.2 Å². The van der Waals surface area contributed by atoms with E-state index in [-0.39, 0.29) is 28.7 Å². The Bertz CT molecular complexity index is 722. The molecule has 0 radical (unpaired) electrons. The molecule has 0 saturated carbocycles. The van der Waals surface area contributed by atoms with Crippen LogP contribution >= 0.6 is 0 Å². The molecule has 2 atom stereocenters. The van der Waals surface area contributed by atoms with E-state index in [1.54, 1.807) is 11.1 Å². The molecule has 0 bridgehead atoms. The van der Waals surface area contributed by atoms with Gasteiger partial charge in [0.1, 0.15) is 0 Å². The summed E-state index contributed by atoms with van der Waals surface area (Å²) in [7, 11) is -0.208. The molecule has 0 amide bonds. The van der Waals surface area contributed by atoms with Gasteiger partial charge in [-0.25, -0.2) is 0 Å². The van der Waals surface area contributed by atoms with E-state index in [9.17, 15) is 0 Å². The molecule has 3 aliphatic rings. The van der Waals surface area contributed by atoms with Crippen LogP contribution in [0.25, 0.3) is 12.2 Å². The molecule has 20 heavy (non-hydrogen) atoms. The van der Waals surface area contributed by atoms with Crippen LogP contribution in [0.3, 0.4) is 0 Å². The van der Waals surface area contributed by atoms with Gasteiger partial charge in [-0.3, -0.25) is 0 Å². The summed E-state index contributed by atoms with van der Waals surface area (Å²) in [5, 5.41) is 3.64. The van der Waals surface area contributed by atoms with Gasteiger partial charge in [-0.15, -0.1) is 0 Å². The van der Waals surface area contributed by atoms with Gasteiger partial charge in [-0.05, 0) is 0 Å². The van der Waals surface area contributed by atoms with E-state index in [0.29, 0.717) is 0 Å². The molecule has 2 aromatic carbocycles. The molecule has 0 spiro atoms. The van der Waals surface area contributed by atoms with Gasteiger partial charge in [0, 0.05) is 0 Å². The van der Waals surface area contributed by atoms with E-state index in [1.165, 1.54) is 11.1 Å². The van der Waals surface area contributed by atoms with Crippen molar-refractivity contribution in [3.63, 3.8) is 0 Å². The van der Waals surface area contributed by atoms with Crippen LogP contribution in [0.2, 0.25) is 0 Å². The fourth-order valence-electron chi connectivity index (χ4n) is 3.88. The standard InChI is InChI=1S/C18H14Si.Ti/c1-2-6-14-10-17(9-13(14)5-1)19-18-11-15-7-3-4-8-16(15)12-18;/h1-12H,19H2;. The molecule has 2 heteroatoms. The van der Waals surface area contributed by atoms with Crippen molar-refractivity contribution < 1.29 is 19.2 Å². The Labute approximate surface area is 130 Å². The second-order valence-electron chi connectivity index (χ2n) is 5.91. The monoisotopic (exact) mass is 306 g/mol. The fourth-order valence-corrected chi connectivity index (χ4v) is 10.6. The zero-order valence-electron chi connectivity index (χ0n) is 11.1. The van der Waals surface area contributed by atoms with Crippen molar-refractivity contribution in [1.29, 1.82) is 0 Å². The van der Waals surface area contributed by atoms with Crippen LogP contribution < -0.4 is 0 Å². The molecule has 1 saturated heterocycles. The summed E-state index contributed by atoms with van der Waals surface area (Å²) in [6.45, 7) is 0. The Balaban J connectivity index is 1.62. The number of allylic oxidation sites excluding steroid dienone is 2. The third-order valence-corrected chi connectivity index (χ3v) is 11.3. The molecular formula is C18H14SiTi.